The van der Waals surface area contributed by atoms with Crippen molar-refractivity contribution in [1.82, 2.24) is 5.32 Å². The third kappa shape index (κ3) is 9.74. The normalized spacial score (nSPS) is 17.9. The van der Waals surface area contributed by atoms with Crippen LogP contribution >= 0.6 is 0 Å². The Labute approximate surface area is 201 Å². The average Bonchev–Trinajstić information content (AvgIpc) is 2.76. The summed E-state index contributed by atoms with van der Waals surface area (Å²) in [5.74, 6) is 0.439. The zero-order chi connectivity index (χ0) is 25.0. The van der Waals surface area contributed by atoms with Gasteiger partial charge in [-0.05, 0) is 45.4 Å². The average molecular weight is 484 g/mol. The van der Waals surface area contributed by atoms with Gasteiger partial charge in [0, 0.05) is 6.42 Å². The Morgan fingerprint density at radius 1 is 0.853 bits per heavy atom. The number of carbonyl (C=O) groups excluding carboxylic acids is 2. The van der Waals surface area contributed by atoms with E-state index in [9.17, 15) is 9.59 Å². The van der Waals surface area contributed by atoms with Gasteiger partial charge in [0.15, 0.2) is 11.5 Å². The summed E-state index contributed by atoms with van der Waals surface area (Å²) in [6.07, 6.45) is -0.567. The topological polar surface area (TPSA) is 111 Å². The van der Waals surface area contributed by atoms with E-state index in [1.54, 1.807) is 45.9 Å². The van der Waals surface area contributed by atoms with Crippen LogP contribution in [-0.2, 0) is 34.9 Å². The standard InChI is InChI=1S/C24H37NO9/c1-23(2,3)34-22(27)25-24(4,21(26)28-5)17-18-6-7-19-20(16-18)33-15-13-31-11-9-29-8-10-30-12-14-32-19/h6-7,16H,8-15,17H2,1-5H3,(H,25,27)/t24-/m0/s1. The van der Waals surface area contributed by atoms with Gasteiger partial charge in [-0.25, -0.2) is 9.59 Å². The van der Waals surface area contributed by atoms with Crippen LogP contribution in [0, 0.1) is 0 Å². The maximum absolute atomic E-state index is 12.6. The van der Waals surface area contributed by atoms with Gasteiger partial charge in [-0.1, -0.05) is 6.07 Å². The van der Waals surface area contributed by atoms with Crippen LogP contribution in [0.3, 0.4) is 0 Å². The number of hydrogen-bond donors (Lipinski definition) is 1. The van der Waals surface area contributed by atoms with E-state index in [1.807, 2.05) is 0 Å². The molecule has 0 unspecified atom stereocenters. The van der Waals surface area contributed by atoms with Gasteiger partial charge >= 0.3 is 12.1 Å². The second kappa shape index (κ2) is 13.4. The zero-order valence-corrected chi connectivity index (χ0v) is 20.8. The molecule has 1 aromatic carbocycles. The fourth-order valence-corrected chi connectivity index (χ4v) is 3.19. The van der Waals surface area contributed by atoms with E-state index in [0.717, 1.165) is 5.56 Å². The highest BCUT2D eigenvalue weighted by Gasteiger charge is 2.38. The molecule has 192 valence electrons. The van der Waals surface area contributed by atoms with Gasteiger partial charge in [-0.15, -0.1) is 0 Å². The number of methoxy groups -OCH3 is 1. The van der Waals surface area contributed by atoms with E-state index in [2.05, 4.69) is 5.32 Å². The van der Waals surface area contributed by atoms with Crippen LogP contribution in [0.4, 0.5) is 4.79 Å². The molecule has 0 saturated heterocycles. The van der Waals surface area contributed by atoms with Gasteiger partial charge in [-0.3, -0.25) is 0 Å². The maximum atomic E-state index is 12.6. The first-order valence-electron chi connectivity index (χ1n) is 11.3. The molecule has 10 heteroatoms. The second-order valence-electron chi connectivity index (χ2n) is 8.94. The van der Waals surface area contributed by atoms with Crippen molar-refractivity contribution >= 4 is 12.1 Å². The molecule has 1 N–H and O–H groups in total. The molecule has 0 aliphatic carbocycles. The quantitative estimate of drug-likeness (QED) is 0.646. The lowest BCUT2D eigenvalue weighted by molar-refractivity contribution is -0.147. The van der Waals surface area contributed by atoms with Crippen molar-refractivity contribution in [3.05, 3.63) is 23.8 Å². The smallest absolute Gasteiger partial charge is 0.408 e. The molecule has 0 spiro atoms. The largest absolute Gasteiger partial charge is 0.487 e. The molecule has 0 radical (unpaired) electrons. The van der Waals surface area contributed by atoms with Crippen molar-refractivity contribution in [2.75, 3.05) is 60.0 Å². The molecule has 34 heavy (non-hydrogen) atoms. The van der Waals surface area contributed by atoms with Gasteiger partial charge < -0.3 is 38.5 Å². The van der Waals surface area contributed by atoms with E-state index in [1.165, 1.54) is 7.11 Å². The highest BCUT2D eigenvalue weighted by atomic mass is 16.6. The van der Waals surface area contributed by atoms with Crippen molar-refractivity contribution in [3.8, 4) is 11.5 Å². The van der Waals surface area contributed by atoms with Crippen LogP contribution in [-0.4, -0.2) is 83.2 Å². The van der Waals surface area contributed by atoms with E-state index in [4.69, 9.17) is 33.2 Å². The van der Waals surface area contributed by atoms with Crippen LogP contribution in [0.1, 0.15) is 33.3 Å². The highest BCUT2D eigenvalue weighted by Crippen LogP contribution is 2.30. The monoisotopic (exact) mass is 483 g/mol. The molecule has 1 atom stereocenters. The minimum Gasteiger partial charge on any atom is -0.487 e. The summed E-state index contributed by atoms with van der Waals surface area (Å²) < 4.78 is 38.4. The number of alkyl carbamates (subject to hydrolysis) is 1. The second-order valence-corrected chi connectivity index (χ2v) is 8.94. The molecule has 0 aromatic heterocycles. The molecule has 0 saturated carbocycles. The number of amides is 1. The molecule has 1 heterocycles. The minimum atomic E-state index is -1.36. The molecule has 0 fully saturated rings. The predicted molar refractivity (Wildman–Crippen MR) is 123 cm³/mol. The van der Waals surface area contributed by atoms with Gasteiger partial charge in [-0.2, -0.15) is 0 Å². The van der Waals surface area contributed by atoms with E-state index >= 15 is 0 Å². The number of benzene rings is 1. The molecule has 1 amide bonds. The van der Waals surface area contributed by atoms with Crippen LogP contribution in [0.15, 0.2) is 18.2 Å². The maximum Gasteiger partial charge on any atom is 0.408 e. The molecule has 1 aliphatic heterocycles. The summed E-state index contributed by atoms with van der Waals surface area (Å²) in [7, 11) is 1.27. The Morgan fingerprint density at radius 3 is 1.91 bits per heavy atom. The molecular weight excluding hydrogens is 446 g/mol. The van der Waals surface area contributed by atoms with Crippen molar-refractivity contribution in [2.24, 2.45) is 0 Å². The number of fused-ring (bicyclic) bond motifs is 1. The van der Waals surface area contributed by atoms with Crippen LogP contribution in [0.5, 0.6) is 11.5 Å². The Balaban J connectivity index is 2.18. The van der Waals surface area contributed by atoms with Crippen molar-refractivity contribution in [2.45, 2.75) is 45.3 Å². The van der Waals surface area contributed by atoms with Crippen LogP contribution < -0.4 is 14.8 Å². The van der Waals surface area contributed by atoms with Crippen molar-refractivity contribution in [1.29, 1.82) is 0 Å². The molecule has 2 rings (SSSR count). The Morgan fingerprint density at radius 2 is 1.38 bits per heavy atom. The predicted octanol–water partition coefficient (Wildman–Crippen LogP) is 2.51. The van der Waals surface area contributed by atoms with Gasteiger partial charge in [0.25, 0.3) is 0 Å². The molecule has 10 nitrogen and oxygen atoms in total. The molecule has 1 aromatic rings. The first-order valence-corrected chi connectivity index (χ1v) is 11.3. The Kier molecular flexibility index (Phi) is 10.9. The van der Waals surface area contributed by atoms with E-state index in [-0.39, 0.29) is 6.42 Å². The fraction of sp³-hybridized carbons (Fsp3) is 0.667. The van der Waals surface area contributed by atoms with Crippen molar-refractivity contribution < 1.29 is 42.7 Å². The Bertz CT molecular complexity index is 793. The summed E-state index contributed by atoms with van der Waals surface area (Å²) in [5.41, 5.74) is -1.34. The number of hydrogen-bond acceptors (Lipinski definition) is 9. The summed E-state index contributed by atoms with van der Waals surface area (Å²) in [5, 5.41) is 2.65. The van der Waals surface area contributed by atoms with E-state index < -0.39 is 23.2 Å². The zero-order valence-electron chi connectivity index (χ0n) is 20.8. The number of rotatable bonds is 4. The lowest BCUT2D eigenvalue weighted by atomic mass is 9.92. The molecular formula is C24H37NO9. The van der Waals surface area contributed by atoms with E-state index in [0.29, 0.717) is 64.4 Å². The number of nitrogens with one attached hydrogen (secondary N) is 1. The van der Waals surface area contributed by atoms with Gasteiger partial charge in [0.05, 0.1) is 46.8 Å². The summed E-state index contributed by atoms with van der Waals surface area (Å²) in [6, 6.07) is 5.34. The number of ether oxygens (including phenoxy) is 7. The fourth-order valence-electron chi connectivity index (χ4n) is 3.19. The lowest BCUT2D eigenvalue weighted by Gasteiger charge is -2.30. The molecule has 1 aliphatic rings. The summed E-state index contributed by atoms with van der Waals surface area (Å²) in [6.45, 7) is 10.2. The van der Waals surface area contributed by atoms with Crippen molar-refractivity contribution in [3.63, 3.8) is 0 Å². The van der Waals surface area contributed by atoms with Gasteiger partial charge in [0.2, 0.25) is 0 Å². The third-order valence-electron chi connectivity index (χ3n) is 4.69. The number of carbonyl (C=O) groups is 2. The first kappa shape index (κ1) is 27.7. The van der Waals surface area contributed by atoms with Crippen LogP contribution in [0.25, 0.3) is 0 Å². The summed E-state index contributed by atoms with van der Waals surface area (Å²) in [4.78, 5) is 25.0. The summed E-state index contributed by atoms with van der Waals surface area (Å²) >= 11 is 0. The number of esters is 1. The highest BCUT2D eigenvalue weighted by molar-refractivity contribution is 5.85. The lowest BCUT2D eigenvalue weighted by Crippen LogP contribution is -2.55. The Hall–Kier alpha value is -2.56. The van der Waals surface area contributed by atoms with Crippen LogP contribution in [0.2, 0.25) is 0 Å². The first-order chi connectivity index (χ1) is 16.1. The third-order valence-corrected chi connectivity index (χ3v) is 4.69. The van der Waals surface area contributed by atoms with Gasteiger partial charge in [0.1, 0.15) is 24.4 Å². The minimum absolute atomic E-state index is 0.145. The SMILES string of the molecule is COC(=O)[C@](C)(Cc1ccc2c(c1)OCCOCCOCCOCCO2)NC(=O)OC(C)(C)C. The molecule has 0 bridgehead atoms.